The molecule has 122 valence electrons. The summed E-state index contributed by atoms with van der Waals surface area (Å²) in [6.45, 7) is 1.13. The Morgan fingerprint density at radius 3 is 2.74 bits per heavy atom. The molecule has 0 atom stereocenters. The molecule has 1 saturated carbocycles. The molecule has 5 nitrogen and oxygen atoms in total. The smallest absolute Gasteiger partial charge is 0.224 e. The topological polar surface area (TPSA) is 70.1 Å². The maximum absolute atomic E-state index is 13.7. The number of hydrogen-bond donors (Lipinski definition) is 3. The van der Waals surface area contributed by atoms with Gasteiger partial charge in [-0.15, -0.1) is 0 Å². The third-order valence-corrected chi connectivity index (χ3v) is 3.78. The zero-order valence-electron chi connectivity index (χ0n) is 12.9. The zero-order valence-corrected chi connectivity index (χ0v) is 12.9. The van der Waals surface area contributed by atoms with Gasteiger partial charge in [0.15, 0.2) is 0 Å². The van der Waals surface area contributed by atoms with Crippen LogP contribution < -0.4 is 10.6 Å². The number of aliphatic hydroxyl groups excluding tert-OH is 1. The van der Waals surface area contributed by atoms with Gasteiger partial charge in [0.2, 0.25) is 5.95 Å². The van der Waals surface area contributed by atoms with Gasteiger partial charge in [0.1, 0.15) is 11.6 Å². The largest absolute Gasteiger partial charge is 0.396 e. The Hall–Kier alpha value is -2.21. The number of aliphatic hydroxyl groups is 1. The second-order valence-electron chi connectivity index (χ2n) is 5.72. The van der Waals surface area contributed by atoms with Crippen molar-refractivity contribution in [3.8, 4) is 0 Å². The number of anilines is 2. The molecule has 0 unspecified atom stereocenters. The first-order valence-corrected chi connectivity index (χ1v) is 7.97. The molecule has 0 aliphatic heterocycles. The van der Waals surface area contributed by atoms with E-state index in [4.69, 9.17) is 5.11 Å². The van der Waals surface area contributed by atoms with Crippen molar-refractivity contribution in [2.75, 3.05) is 23.8 Å². The van der Waals surface area contributed by atoms with Crippen LogP contribution in [0.4, 0.5) is 16.2 Å². The highest BCUT2D eigenvalue weighted by molar-refractivity contribution is 5.44. The van der Waals surface area contributed by atoms with Crippen LogP contribution in [0.1, 0.15) is 36.4 Å². The number of nitrogens with zero attached hydrogens (tertiary/aromatic N) is 2. The Bertz CT molecular complexity index is 661. The summed E-state index contributed by atoms with van der Waals surface area (Å²) in [5.41, 5.74) is 1.62. The van der Waals surface area contributed by atoms with Crippen molar-refractivity contribution in [3.05, 3.63) is 47.4 Å². The summed E-state index contributed by atoms with van der Waals surface area (Å²) >= 11 is 0. The van der Waals surface area contributed by atoms with Crippen LogP contribution in [0.25, 0.3) is 0 Å². The third-order valence-electron chi connectivity index (χ3n) is 3.78. The third kappa shape index (κ3) is 4.39. The molecule has 0 saturated heterocycles. The summed E-state index contributed by atoms with van der Waals surface area (Å²) in [4.78, 5) is 8.94. The van der Waals surface area contributed by atoms with E-state index in [1.807, 2.05) is 12.1 Å². The standard InChI is InChI=1S/C17H21FN4O/c18-14-5-2-1-4-13(14)11-20-16-10-15(12-6-7-12)21-17(22-16)19-8-3-9-23/h1-2,4-5,10,12,23H,3,6-9,11H2,(H2,19,20,21,22). The fourth-order valence-electron chi connectivity index (χ4n) is 2.33. The van der Waals surface area contributed by atoms with Gasteiger partial charge >= 0.3 is 0 Å². The first kappa shape index (κ1) is 15.7. The van der Waals surface area contributed by atoms with E-state index in [-0.39, 0.29) is 12.4 Å². The lowest BCUT2D eigenvalue weighted by molar-refractivity contribution is 0.292. The van der Waals surface area contributed by atoms with Crippen LogP contribution in [-0.2, 0) is 6.54 Å². The molecule has 1 aromatic heterocycles. The summed E-state index contributed by atoms with van der Waals surface area (Å²) in [6, 6.07) is 8.64. The van der Waals surface area contributed by atoms with Gasteiger partial charge in [-0.25, -0.2) is 9.37 Å². The minimum absolute atomic E-state index is 0.133. The van der Waals surface area contributed by atoms with Crippen LogP contribution in [0.5, 0.6) is 0 Å². The molecule has 6 heteroatoms. The Labute approximate surface area is 135 Å². The van der Waals surface area contributed by atoms with Crippen molar-refractivity contribution in [2.24, 2.45) is 0 Å². The summed E-state index contributed by atoms with van der Waals surface area (Å²) < 4.78 is 13.7. The molecule has 1 aliphatic rings. The van der Waals surface area contributed by atoms with Crippen LogP contribution in [0.2, 0.25) is 0 Å². The summed E-state index contributed by atoms with van der Waals surface area (Å²) in [5, 5.41) is 15.2. The van der Waals surface area contributed by atoms with Crippen LogP contribution in [0.3, 0.4) is 0 Å². The van der Waals surface area contributed by atoms with Crippen molar-refractivity contribution in [1.29, 1.82) is 0 Å². The molecular weight excluding hydrogens is 295 g/mol. The number of nitrogens with one attached hydrogen (secondary N) is 2. The Balaban J connectivity index is 1.71. The molecular formula is C17H21FN4O. The second-order valence-corrected chi connectivity index (χ2v) is 5.72. The predicted molar refractivity (Wildman–Crippen MR) is 87.9 cm³/mol. The molecule has 1 aromatic carbocycles. The van der Waals surface area contributed by atoms with E-state index in [1.165, 1.54) is 6.07 Å². The van der Waals surface area contributed by atoms with E-state index < -0.39 is 0 Å². The number of benzene rings is 1. The van der Waals surface area contributed by atoms with Crippen molar-refractivity contribution >= 4 is 11.8 Å². The highest BCUT2D eigenvalue weighted by Crippen LogP contribution is 2.39. The van der Waals surface area contributed by atoms with Gasteiger partial charge in [-0.1, -0.05) is 18.2 Å². The van der Waals surface area contributed by atoms with Crippen molar-refractivity contribution < 1.29 is 9.50 Å². The molecule has 2 aromatic rings. The Morgan fingerprint density at radius 2 is 2.00 bits per heavy atom. The van der Waals surface area contributed by atoms with Gasteiger partial charge < -0.3 is 15.7 Å². The minimum Gasteiger partial charge on any atom is -0.396 e. The first-order valence-electron chi connectivity index (χ1n) is 7.97. The molecule has 0 amide bonds. The lowest BCUT2D eigenvalue weighted by Crippen LogP contribution is -2.10. The molecule has 3 rings (SSSR count). The monoisotopic (exact) mass is 316 g/mol. The van der Waals surface area contributed by atoms with Gasteiger partial charge in [0, 0.05) is 37.2 Å². The van der Waals surface area contributed by atoms with E-state index in [1.54, 1.807) is 12.1 Å². The van der Waals surface area contributed by atoms with Gasteiger partial charge in [-0.2, -0.15) is 4.98 Å². The van der Waals surface area contributed by atoms with E-state index >= 15 is 0 Å². The maximum Gasteiger partial charge on any atom is 0.224 e. The van der Waals surface area contributed by atoms with E-state index in [2.05, 4.69) is 20.6 Å². The van der Waals surface area contributed by atoms with E-state index in [9.17, 15) is 4.39 Å². The van der Waals surface area contributed by atoms with Crippen molar-refractivity contribution in [3.63, 3.8) is 0 Å². The lowest BCUT2D eigenvalue weighted by atomic mass is 10.2. The molecule has 0 bridgehead atoms. The normalized spacial score (nSPS) is 13.8. The van der Waals surface area contributed by atoms with E-state index in [0.29, 0.717) is 42.8 Å². The molecule has 0 radical (unpaired) electrons. The number of hydrogen-bond acceptors (Lipinski definition) is 5. The number of rotatable bonds is 8. The lowest BCUT2D eigenvalue weighted by Gasteiger charge is -2.11. The van der Waals surface area contributed by atoms with Crippen LogP contribution in [-0.4, -0.2) is 28.2 Å². The quantitative estimate of drug-likeness (QED) is 0.653. The van der Waals surface area contributed by atoms with Crippen LogP contribution >= 0.6 is 0 Å². The summed E-state index contributed by atoms with van der Waals surface area (Å²) in [6.07, 6.45) is 2.95. The highest BCUT2D eigenvalue weighted by Gasteiger charge is 2.26. The molecule has 0 spiro atoms. The minimum atomic E-state index is -0.224. The number of halogens is 1. The van der Waals surface area contributed by atoms with Crippen molar-refractivity contribution in [2.45, 2.75) is 31.7 Å². The Morgan fingerprint density at radius 1 is 1.17 bits per heavy atom. The van der Waals surface area contributed by atoms with E-state index in [0.717, 1.165) is 18.5 Å². The van der Waals surface area contributed by atoms with Crippen LogP contribution in [0.15, 0.2) is 30.3 Å². The average Bonchev–Trinajstić information content (AvgIpc) is 3.39. The summed E-state index contributed by atoms with van der Waals surface area (Å²) in [5.74, 6) is 1.53. The fraction of sp³-hybridized carbons (Fsp3) is 0.412. The predicted octanol–water partition coefficient (Wildman–Crippen LogP) is 2.90. The molecule has 3 N–H and O–H groups in total. The van der Waals surface area contributed by atoms with Crippen molar-refractivity contribution in [1.82, 2.24) is 9.97 Å². The van der Waals surface area contributed by atoms with Gasteiger partial charge in [0.05, 0.1) is 5.69 Å². The SMILES string of the molecule is OCCCNc1nc(NCc2ccccc2F)cc(C2CC2)n1. The first-order chi connectivity index (χ1) is 11.3. The molecule has 1 heterocycles. The van der Waals surface area contributed by atoms with Gasteiger partial charge in [-0.05, 0) is 25.3 Å². The Kier molecular flexibility index (Phi) is 5.02. The number of aromatic nitrogens is 2. The van der Waals surface area contributed by atoms with Crippen LogP contribution in [0, 0.1) is 5.82 Å². The van der Waals surface area contributed by atoms with Gasteiger partial charge in [0.25, 0.3) is 0 Å². The second kappa shape index (κ2) is 7.37. The summed E-state index contributed by atoms with van der Waals surface area (Å²) in [7, 11) is 0. The highest BCUT2D eigenvalue weighted by atomic mass is 19.1. The molecule has 1 aliphatic carbocycles. The fourth-order valence-corrected chi connectivity index (χ4v) is 2.33. The van der Waals surface area contributed by atoms with Gasteiger partial charge in [-0.3, -0.25) is 0 Å². The zero-order chi connectivity index (χ0) is 16.1. The maximum atomic E-state index is 13.7. The average molecular weight is 316 g/mol. The molecule has 1 fully saturated rings. The molecule has 23 heavy (non-hydrogen) atoms.